The Morgan fingerprint density at radius 1 is 0.619 bits per heavy atom. The van der Waals surface area contributed by atoms with Crippen molar-refractivity contribution in [2.24, 2.45) is 0 Å². The molecule has 3 rings (SSSR count). The van der Waals surface area contributed by atoms with E-state index in [-0.39, 0.29) is 5.56 Å². The lowest BCUT2D eigenvalue weighted by atomic mass is 9.94. The zero-order valence-corrected chi connectivity index (χ0v) is 11.3. The number of carbonyl (C=O) groups is 1. The Bertz CT molecular complexity index is 759. The van der Waals surface area contributed by atoms with Crippen molar-refractivity contribution in [1.29, 1.82) is 0 Å². The maximum Gasteiger partial charge on any atom is 0.0715 e. The minimum atomic E-state index is -1.15. The lowest BCUT2D eigenvalue weighted by Crippen LogP contribution is -2.21. The second kappa shape index (κ2) is 5.63. The Morgan fingerprint density at radius 2 is 1.10 bits per heavy atom. The van der Waals surface area contributed by atoms with Crippen LogP contribution in [0.25, 0.3) is 22.3 Å². The van der Waals surface area contributed by atoms with Crippen molar-refractivity contribution < 1.29 is 9.90 Å². The van der Waals surface area contributed by atoms with Gasteiger partial charge >= 0.3 is 0 Å². The molecule has 0 radical (unpaired) electrons. The van der Waals surface area contributed by atoms with Gasteiger partial charge in [0, 0.05) is 0 Å². The zero-order chi connectivity index (χ0) is 14.7. The molecular weight excluding hydrogens is 260 g/mol. The van der Waals surface area contributed by atoms with E-state index in [0.717, 1.165) is 22.3 Å². The van der Waals surface area contributed by atoms with Crippen LogP contribution in [0.5, 0.6) is 0 Å². The van der Waals surface area contributed by atoms with E-state index in [9.17, 15) is 9.90 Å². The van der Waals surface area contributed by atoms with E-state index in [4.69, 9.17) is 0 Å². The molecule has 2 nitrogen and oxygen atoms in total. The third-order valence-corrected chi connectivity index (χ3v) is 3.44. The average molecular weight is 273 g/mol. The van der Waals surface area contributed by atoms with E-state index in [0.29, 0.717) is 0 Å². The number of rotatable bonds is 3. The molecule has 0 aliphatic carbocycles. The fourth-order valence-corrected chi connectivity index (χ4v) is 2.39. The van der Waals surface area contributed by atoms with Gasteiger partial charge in [0.15, 0.2) is 0 Å². The summed E-state index contributed by atoms with van der Waals surface area (Å²) in [7, 11) is 0. The topological polar surface area (TPSA) is 40.1 Å². The van der Waals surface area contributed by atoms with E-state index < -0.39 is 5.97 Å². The highest BCUT2D eigenvalue weighted by Gasteiger charge is 2.06. The van der Waals surface area contributed by atoms with Crippen LogP contribution in [0.15, 0.2) is 78.9 Å². The Labute approximate surface area is 123 Å². The van der Waals surface area contributed by atoms with Gasteiger partial charge in [-0.3, -0.25) is 0 Å². The van der Waals surface area contributed by atoms with Crippen LogP contribution < -0.4 is 5.11 Å². The summed E-state index contributed by atoms with van der Waals surface area (Å²) >= 11 is 0. The van der Waals surface area contributed by atoms with Crippen LogP contribution in [0.3, 0.4) is 0 Å². The van der Waals surface area contributed by atoms with Gasteiger partial charge in [0.1, 0.15) is 0 Å². The number of carboxylic acid groups (broad SMARTS) is 1. The first-order valence-electron chi connectivity index (χ1n) is 6.72. The molecule has 0 spiro atoms. The molecule has 0 bridgehead atoms. The molecule has 0 aliphatic heterocycles. The van der Waals surface area contributed by atoms with Crippen molar-refractivity contribution in [3.05, 3.63) is 84.4 Å². The van der Waals surface area contributed by atoms with Crippen LogP contribution in [0.1, 0.15) is 10.4 Å². The maximum absolute atomic E-state index is 10.8. The Hall–Kier alpha value is -2.87. The third kappa shape index (κ3) is 2.70. The summed E-state index contributed by atoms with van der Waals surface area (Å²) in [6.45, 7) is 0. The number of carboxylic acids is 1. The Kier molecular flexibility index (Phi) is 3.52. The van der Waals surface area contributed by atoms with Crippen molar-refractivity contribution in [2.45, 2.75) is 0 Å². The SMILES string of the molecule is O=C([O-])c1ccc(-c2ccccc2-c2ccccc2)cc1. The van der Waals surface area contributed by atoms with Gasteiger partial charge in [0.2, 0.25) is 0 Å². The molecule has 0 N–H and O–H groups in total. The monoisotopic (exact) mass is 273 g/mol. The van der Waals surface area contributed by atoms with Gasteiger partial charge in [-0.15, -0.1) is 0 Å². The highest BCUT2D eigenvalue weighted by Crippen LogP contribution is 2.31. The molecule has 102 valence electrons. The highest BCUT2D eigenvalue weighted by atomic mass is 16.4. The van der Waals surface area contributed by atoms with Gasteiger partial charge in [0.25, 0.3) is 0 Å². The minimum absolute atomic E-state index is 0.191. The second-order valence-electron chi connectivity index (χ2n) is 4.78. The molecule has 0 heterocycles. The van der Waals surface area contributed by atoms with Gasteiger partial charge in [-0.05, 0) is 27.8 Å². The molecule has 2 heteroatoms. The largest absolute Gasteiger partial charge is 0.545 e. The first-order valence-corrected chi connectivity index (χ1v) is 6.72. The fraction of sp³-hybridized carbons (Fsp3) is 0. The van der Waals surface area contributed by atoms with Crippen LogP contribution in [-0.2, 0) is 0 Å². The summed E-state index contributed by atoms with van der Waals surface area (Å²) in [4.78, 5) is 10.8. The second-order valence-corrected chi connectivity index (χ2v) is 4.78. The average Bonchev–Trinajstić information content (AvgIpc) is 2.56. The van der Waals surface area contributed by atoms with E-state index in [1.165, 1.54) is 0 Å². The molecule has 0 unspecified atom stereocenters. The summed E-state index contributed by atoms with van der Waals surface area (Å²) in [5.41, 5.74) is 4.51. The van der Waals surface area contributed by atoms with E-state index in [1.807, 2.05) is 48.5 Å². The molecule has 0 fully saturated rings. The molecule has 0 saturated carbocycles. The molecule has 3 aromatic rings. The normalized spacial score (nSPS) is 10.3. The van der Waals surface area contributed by atoms with Gasteiger partial charge in [0.05, 0.1) is 5.97 Å². The van der Waals surface area contributed by atoms with Crippen molar-refractivity contribution in [2.75, 3.05) is 0 Å². The van der Waals surface area contributed by atoms with E-state index >= 15 is 0 Å². The smallest absolute Gasteiger partial charge is 0.0715 e. The fourth-order valence-electron chi connectivity index (χ4n) is 2.39. The van der Waals surface area contributed by atoms with Crippen molar-refractivity contribution in [1.82, 2.24) is 0 Å². The van der Waals surface area contributed by atoms with E-state index in [1.54, 1.807) is 12.1 Å². The molecular formula is C19H13O2-. The first kappa shape index (κ1) is 13.1. The minimum Gasteiger partial charge on any atom is -0.545 e. The first-order chi connectivity index (χ1) is 10.3. The number of carbonyl (C=O) groups excluding carboxylic acids is 1. The molecule has 21 heavy (non-hydrogen) atoms. The lowest BCUT2D eigenvalue weighted by Gasteiger charge is -2.11. The Morgan fingerprint density at radius 3 is 1.62 bits per heavy atom. The summed E-state index contributed by atoms with van der Waals surface area (Å²) in [5, 5.41) is 10.8. The highest BCUT2D eigenvalue weighted by molar-refractivity contribution is 5.88. The Balaban J connectivity index is 2.09. The van der Waals surface area contributed by atoms with Crippen molar-refractivity contribution in [3.63, 3.8) is 0 Å². The number of hydrogen-bond acceptors (Lipinski definition) is 2. The predicted octanol–water partition coefficient (Wildman–Crippen LogP) is 3.38. The zero-order valence-electron chi connectivity index (χ0n) is 11.3. The molecule has 0 atom stereocenters. The molecule has 0 aliphatic rings. The molecule has 0 saturated heterocycles. The molecule has 3 aromatic carbocycles. The summed E-state index contributed by atoms with van der Waals surface area (Å²) in [5.74, 6) is -1.15. The number of benzene rings is 3. The van der Waals surface area contributed by atoms with Gasteiger partial charge in [-0.1, -0.05) is 78.9 Å². The standard InChI is InChI=1S/C19H14O2/c20-19(21)16-12-10-15(11-13-16)18-9-5-4-8-17(18)14-6-2-1-3-7-14/h1-13H,(H,20,21)/p-1. The van der Waals surface area contributed by atoms with Crippen LogP contribution in [0.2, 0.25) is 0 Å². The van der Waals surface area contributed by atoms with Crippen LogP contribution in [0.4, 0.5) is 0 Å². The molecule has 0 aromatic heterocycles. The molecule has 0 amide bonds. The van der Waals surface area contributed by atoms with Crippen LogP contribution in [0, 0.1) is 0 Å². The number of hydrogen-bond donors (Lipinski definition) is 0. The summed E-state index contributed by atoms with van der Waals surface area (Å²) < 4.78 is 0. The quantitative estimate of drug-likeness (QED) is 0.734. The predicted molar refractivity (Wildman–Crippen MR) is 81.6 cm³/mol. The van der Waals surface area contributed by atoms with E-state index in [2.05, 4.69) is 18.2 Å². The lowest BCUT2D eigenvalue weighted by molar-refractivity contribution is -0.255. The van der Waals surface area contributed by atoms with Gasteiger partial charge in [-0.2, -0.15) is 0 Å². The van der Waals surface area contributed by atoms with Gasteiger partial charge in [-0.25, -0.2) is 0 Å². The summed E-state index contributed by atoms with van der Waals surface area (Å²) in [6.07, 6.45) is 0. The number of aromatic carboxylic acids is 1. The third-order valence-electron chi connectivity index (χ3n) is 3.44. The van der Waals surface area contributed by atoms with Crippen molar-refractivity contribution >= 4 is 5.97 Å². The van der Waals surface area contributed by atoms with Crippen LogP contribution in [-0.4, -0.2) is 5.97 Å². The van der Waals surface area contributed by atoms with Crippen molar-refractivity contribution in [3.8, 4) is 22.3 Å². The van der Waals surface area contributed by atoms with Gasteiger partial charge < -0.3 is 9.90 Å². The maximum atomic E-state index is 10.8. The van der Waals surface area contributed by atoms with Crippen LogP contribution >= 0.6 is 0 Å². The summed E-state index contributed by atoms with van der Waals surface area (Å²) in [6, 6.07) is 25.0.